The molecule has 212 valence electrons. The largest absolute Gasteiger partial charge is 0.494 e. The Hall–Kier alpha value is -3.30. The zero-order chi connectivity index (χ0) is 29.1. The third-order valence-corrected chi connectivity index (χ3v) is 8.54. The van der Waals surface area contributed by atoms with Crippen LogP contribution >= 0.6 is 27.5 Å². The average molecular weight is 643 g/mol. The molecule has 1 saturated carbocycles. The Bertz CT molecular complexity index is 1710. The molecule has 1 atom stereocenters. The minimum Gasteiger partial charge on any atom is -0.494 e. The lowest BCUT2D eigenvalue weighted by Crippen LogP contribution is -2.30. The summed E-state index contributed by atoms with van der Waals surface area (Å²) in [6.45, 7) is 4.83. The average Bonchev–Trinajstić information content (AvgIpc) is 3.73. The fourth-order valence-electron chi connectivity index (χ4n) is 5.40. The van der Waals surface area contributed by atoms with Crippen molar-refractivity contribution in [3.63, 3.8) is 0 Å². The second-order valence-electron chi connectivity index (χ2n) is 11.2. The number of carbonyl (C=O) groups is 1. The number of hydrogen-bond donors (Lipinski definition) is 1. The molecule has 1 amide bonds. The Balaban J connectivity index is 1.36. The molecule has 1 fully saturated rings. The highest BCUT2D eigenvalue weighted by atomic mass is 79.9. The summed E-state index contributed by atoms with van der Waals surface area (Å²) < 4.78 is 41.3. The maximum atomic E-state index is 15.1. The number of ether oxygens (including phenoxy) is 2. The van der Waals surface area contributed by atoms with Crippen LogP contribution in [0.4, 0.5) is 8.78 Å². The minimum atomic E-state index is -0.839. The van der Waals surface area contributed by atoms with Crippen LogP contribution in [0.2, 0.25) is 5.02 Å². The number of rotatable bonds is 7. The molecule has 6 rings (SSSR count). The highest BCUT2D eigenvalue weighted by Crippen LogP contribution is 2.48. The fraction of sp³-hybridized carbons (Fsp3) is 0.323. The lowest BCUT2D eigenvalue weighted by atomic mass is 9.84. The molecule has 6 nitrogen and oxygen atoms in total. The molecule has 2 aliphatic rings. The Morgan fingerprint density at radius 2 is 1.98 bits per heavy atom. The molecule has 41 heavy (non-hydrogen) atoms. The summed E-state index contributed by atoms with van der Waals surface area (Å²) in [7, 11) is 1.54. The van der Waals surface area contributed by atoms with Gasteiger partial charge in [-0.2, -0.15) is 0 Å². The zero-order valence-corrected chi connectivity index (χ0v) is 25.0. The summed E-state index contributed by atoms with van der Waals surface area (Å²) in [5, 5.41) is 3.66. The lowest BCUT2D eigenvalue weighted by molar-refractivity contribution is 0.0950. The normalized spacial score (nSPS) is 16.3. The van der Waals surface area contributed by atoms with Crippen molar-refractivity contribution in [2.24, 2.45) is 5.92 Å². The van der Waals surface area contributed by atoms with E-state index in [9.17, 15) is 9.18 Å². The number of hydrogen-bond acceptors (Lipinski definition) is 5. The molecule has 1 aliphatic heterocycles. The third kappa shape index (κ3) is 5.26. The van der Waals surface area contributed by atoms with Crippen molar-refractivity contribution in [2.75, 3.05) is 20.3 Å². The molecule has 1 N–H and O–H groups in total. The highest BCUT2D eigenvalue weighted by Gasteiger charge is 2.39. The van der Waals surface area contributed by atoms with Gasteiger partial charge < -0.3 is 14.8 Å². The van der Waals surface area contributed by atoms with Crippen LogP contribution in [-0.4, -0.2) is 36.1 Å². The maximum Gasteiger partial charge on any atom is 0.251 e. The van der Waals surface area contributed by atoms with Crippen LogP contribution in [0.1, 0.15) is 54.2 Å². The van der Waals surface area contributed by atoms with Crippen LogP contribution in [0.5, 0.6) is 11.5 Å². The van der Waals surface area contributed by atoms with E-state index in [2.05, 4.69) is 40.1 Å². The molecule has 2 aromatic carbocycles. The van der Waals surface area contributed by atoms with Crippen molar-refractivity contribution in [3.05, 3.63) is 80.5 Å². The van der Waals surface area contributed by atoms with Crippen LogP contribution in [-0.2, 0) is 5.41 Å². The predicted octanol–water partition coefficient (Wildman–Crippen LogP) is 7.59. The van der Waals surface area contributed by atoms with Gasteiger partial charge in [0, 0.05) is 62.4 Å². The number of carbonyl (C=O) groups excluding carboxylic acids is 1. The van der Waals surface area contributed by atoms with E-state index in [-0.39, 0.29) is 33.5 Å². The van der Waals surface area contributed by atoms with Gasteiger partial charge in [-0.05, 0) is 65.0 Å². The van der Waals surface area contributed by atoms with E-state index in [1.54, 1.807) is 25.4 Å². The van der Waals surface area contributed by atoms with Crippen molar-refractivity contribution in [3.8, 4) is 22.8 Å². The second kappa shape index (κ2) is 10.5. The van der Waals surface area contributed by atoms with Crippen LogP contribution in [0.25, 0.3) is 22.2 Å². The Labute approximate surface area is 249 Å². The smallest absolute Gasteiger partial charge is 0.251 e. The summed E-state index contributed by atoms with van der Waals surface area (Å²) in [6, 6.07) is 9.37. The first-order chi connectivity index (χ1) is 19.6. The zero-order valence-electron chi connectivity index (χ0n) is 22.7. The van der Waals surface area contributed by atoms with Gasteiger partial charge >= 0.3 is 0 Å². The topological polar surface area (TPSA) is 73.3 Å². The summed E-state index contributed by atoms with van der Waals surface area (Å²) in [4.78, 5) is 22.7. The summed E-state index contributed by atoms with van der Waals surface area (Å²) in [6.07, 6.45) is 3.67. The molecule has 0 bridgehead atoms. The Morgan fingerprint density at radius 1 is 1.20 bits per heavy atom. The molecular formula is C31H27BrClF2N3O3. The number of methoxy groups -OCH3 is 1. The van der Waals surface area contributed by atoms with Crippen molar-refractivity contribution in [1.82, 2.24) is 15.3 Å². The van der Waals surface area contributed by atoms with Crippen LogP contribution in [0.3, 0.4) is 0 Å². The van der Waals surface area contributed by atoms with Gasteiger partial charge in [0.2, 0.25) is 0 Å². The van der Waals surface area contributed by atoms with Gasteiger partial charge in [-0.1, -0.05) is 25.4 Å². The molecule has 0 spiro atoms. The van der Waals surface area contributed by atoms with E-state index in [4.69, 9.17) is 26.1 Å². The number of amides is 1. The number of fused-ring (bicyclic) bond motifs is 2. The highest BCUT2D eigenvalue weighted by molar-refractivity contribution is 9.10. The summed E-state index contributed by atoms with van der Waals surface area (Å²) >= 11 is 9.48. The molecule has 0 radical (unpaired) electrons. The fourth-order valence-corrected chi connectivity index (χ4v) is 5.91. The second-order valence-corrected chi connectivity index (χ2v) is 12.6. The van der Waals surface area contributed by atoms with Gasteiger partial charge in [0.25, 0.3) is 5.91 Å². The standard InChI is InChI=1S/C31H27BrClF2N3O3/c1-31(2)14-41-29-21(31)10-25(38-28(29)19-9-22(33)24(35)11-23(19)34)20(15-4-5-15)13-37-30(39)17-6-16-7-18(32)12-36-27(16)26(8-17)40-3/h6-12,15,20H,4-5,13-14H2,1-3H3,(H,37,39). The third-order valence-electron chi connectivity index (χ3n) is 7.81. The number of benzene rings is 2. The number of pyridine rings is 2. The molecule has 1 aliphatic carbocycles. The molecule has 1 unspecified atom stereocenters. The first-order valence-electron chi connectivity index (χ1n) is 13.3. The van der Waals surface area contributed by atoms with Gasteiger partial charge in [0.05, 0.1) is 18.7 Å². The van der Waals surface area contributed by atoms with Crippen LogP contribution < -0.4 is 14.8 Å². The van der Waals surface area contributed by atoms with Gasteiger partial charge in [-0.15, -0.1) is 0 Å². The van der Waals surface area contributed by atoms with Crippen molar-refractivity contribution < 1.29 is 23.0 Å². The van der Waals surface area contributed by atoms with Gasteiger partial charge in [0.1, 0.15) is 34.3 Å². The summed E-state index contributed by atoms with van der Waals surface area (Å²) in [5.41, 5.74) is 2.75. The molecule has 0 saturated heterocycles. The summed E-state index contributed by atoms with van der Waals surface area (Å²) in [5.74, 6) is -0.683. The van der Waals surface area contributed by atoms with Crippen LogP contribution in [0, 0.1) is 17.6 Å². The van der Waals surface area contributed by atoms with E-state index in [1.807, 2.05) is 12.1 Å². The molecule has 3 heterocycles. The monoisotopic (exact) mass is 641 g/mol. The SMILES string of the molecule is COc1cc(C(=O)NCC(c2cc3c(c(-c4cc(Cl)c(F)cc4F)n2)OCC3(C)C)C2CC2)cc2cc(Br)cnc12. The van der Waals surface area contributed by atoms with E-state index < -0.39 is 11.6 Å². The number of aromatic nitrogens is 2. The minimum absolute atomic E-state index is 0.0776. The van der Waals surface area contributed by atoms with Gasteiger partial charge in [0.15, 0.2) is 0 Å². The Morgan fingerprint density at radius 3 is 2.71 bits per heavy atom. The van der Waals surface area contributed by atoms with Crippen molar-refractivity contribution in [2.45, 2.75) is 38.0 Å². The molecule has 10 heteroatoms. The van der Waals surface area contributed by atoms with Crippen LogP contribution in [0.15, 0.2) is 47.1 Å². The maximum absolute atomic E-state index is 15.1. The van der Waals surface area contributed by atoms with Gasteiger partial charge in [-0.3, -0.25) is 9.78 Å². The van der Waals surface area contributed by atoms with Crippen molar-refractivity contribution in [1.29, 1.82) is 0 Å². The first-order valence-corrected chi connectivity index (χ1v) is 14.5. The lowest BCUT2D eigenvalue weighted by Gasteiger charge is -2.22. The van der Waals surface area contributed by atoms with Gasteiger partial charge in [-0.25, -0.2) is 13.8 Å². The Kier molecular flexibility index (Phi) is 7.14. The molecule has 2 aromatic heterocycles. The van der Waals surface area contributed by atoms with Crippen molar-refractivity contribution >= 4 is 44.3 Å². The number of nitrogens with zero attached hydrogens (tertiary/aromatic N) is 2. The number of halogens is 4. The van der Waals surface area contributed by atoms with E-state index in [0.29, 0.717) is 41.6 Å². The molecule has 4 aromatic rings. The first kappa shape index (κ1) is 27.8. The quantitative estimate of drug-likeness (QED) is 0.210. The molecular weight excluding hydrogens is 616 g/mol. The predicted molar refractivity (Wildman–Crippen MR) is 157 cm³/mol. The van der Waals surface area contributed by atoms with E-state index in [1.165, 1.54) is 6.07 Å². The van der Waals surface area contributed by atoms with E-state index in [0.717, 1.165) is 40.0 Å². The van der Waals surface area contributed by atoms with E-state index >= 15 is 4.39 Å². The number of nitrogens with one attached hydrogen (secondary N) is 1.